The van der Waals surface area contributed by atoms with Crippen LogP contribution in [0.15, 0.2) is 35.3 Å². The topological polar surface area (TPSA) is 65.5 Å². The van der Waals surface area contributed by atoms with E-state index in [-0.39, 0.29) is 48.3 Å². The van der Waals surface area contributed by atoms with Crippen molar-refractivity contribution in [3.63, 3.8) is 0 Å². The van der Waals surface area contributed by atoms with Crippen LogP contribution in [0.5, 0.6) is 0 Å². The molecule has 0 aliphatic carbocycles. The molecule has 3 N–H and O–H groups in total. The summed E-state index contributed by atoms with van der Waals surface area (Å²) >= 11 is 0. The van der Waals surface area contributed by atoms with Gasteiger partial charge in [-0.2, -0.15) is 0 Å². The maximum atomic E-state index is 13.7. The molecular weight excluding hydrogens is 503 g/mol. The molecule has 0 radical (unpaired) electrons. The smallest absolute Gasteiger partial charge is 0.243 e. The number of nitrogens with one attached hydrogen (secondary N) is 3. The molecule has 29 heavy (non-hydrogen) atoms. The van der Waals surface area contributed by atoms with E-state index in [1.807, 2.05) is 0 Å². The maximum absolute atomic E-state index is 13.7. The largest absolute Gasteiger partial charge is 0.350 e. The molecule has 158 valence electrons. The van der Waals surface area contributed by atoms with E-state index in [9.17, 15) is 22.4 Å². The van der Waals surface area contributed by atoms with Crippen LogP contribution in [0.1, 0.15) is 24.1 Å². The van der Waals surface area contributed by atoms with Crippen molar-refractivity contribution in [2.45, 2.75) is 19.9 Å². The summed E-state index contributed by atoms with van der Waals surface area (Å²) in [5, 5.41) is 7.83. The summed E-state index contributed by atoms with van der Waals surface area (Å²) in [6.07, 6.45) is 0. The van der Waals surface area contributed by atoms with Gasteiger partial charge < -0.3 is 16.0 Å². The average Bonchev–Trinajstić information content (AvgIpc) is 2.67. The van der Waals surface area contributed by atoms with Crippen LogP contribution < -0.4 is 16.0 Å². The zero-order valence-corrected chi connectivity index (χ0v) is 18.3. The van der Waals surface area contributed by atoms with E-state index in [2.05, 4.69) is 20.9 Å². The summed E-state index contributed by atoms with van der Waals surface area (Å²) in [5.74, 6) is -5.27. The quantitative estimate of drug-likeness (QED) is 0.182. The van der Waals surface area contributed by atoms with Crippen molar-refractivity contribution in [3.8, 4) is 0 Å². The third-order valence-corrected chi connectivity index (χ3v) is 4.00. The van der Waals surface area contributed by atoms with Crippen molar-refractivity contribution in [1.82, 2.24) is 10.6 Å². The summed E-state index contributed by atoms with van der Waals surface area (Å²) < 4.78 is 53.4. The first-order chi connectivity index (χ1) is 13.2. The minimum atomic E-state index is -1.66. The van der Waals surface area contributed by atoms with Crippen LogP contribution in [0, 0.1) is 30.2 Å². The number of halogens is 5. The molecule has 0 spiro atoms. The summed E-state index contributed by atoms with van der Waals surface area (Å²) in [4.78, 5) is 15.9. The molecule has 0 heterocycles. The van der Waals surface area contributed by atoms with E-state index in [4.69, 9.17) is 0 Å². The molecule has 5 nitrogen and oxygen atoms in total. The minimum absolute atomic E-state index is 0. The van der Waals surface area contributed by atoms with Gasteiger partial charge in [0.2, 0.25) is 5.91 Å². The minimum Gasteiger partial charge on any atom is -0.350 e. The molecule has 0 saturated heterocycles. The predicted octanol–water partition coefficient (Wildman–Crippen LogP) is 4.03. The van der Waals surface area contributed by atoms with Gasteiger partial charge in [0.1, 0.15) is 5.82 Å². The van der Waals surface area contributed by atoms with E-state index < -0.39 is 29.0 Å². The standard InChI is InChI=1S/C19H20F4N4O.HI/c1-10-4-5-12(8-14(10)21)11(2)26-19(24-3)25-9-16(28)27-15-7-6-13(20)17(22)18(15)23;/h4-8,11H,9H2,1-3H3,(H,27,28)(H2,24,25,26);1H. The van der Waals surface area contributed by atoms with E-state index in [0.717, 1.165) is 6.07 Å². The van der Waals surface area contributed by atoms with Crippen molar-refractivity contribution < 1.29 is 22.4 Å². The Labute approximate surface area is 183 Å². The lowest BCUT2D eigenvalue weighted by molar-refractivity contribution is -0.115. The Morgan fingerprint density at radius 1 is 1.07 bits per heavy atom. The second kappa shape index (κ2) is 11.0. The van der Waals surface area contributed by atoms with Crippen LogP contribution in [0.2, 0.25) is 0 Å². The molecular formula is C19H21F4IN4O. The lowest BCUT2D eigenvalue weighted by Gasteiger charge is -2.18. The highest BCUT2D eigenvalue weighted by molar-refractivity contribution is 14.0. The normalized spacial score (nSPS) is 12.0. The number of benzene rings is 2. The average molecular weight is 524 g/mol. The van der Waals surface area contributed by atoms with Gasteiger partial charge in [0.05, 0.1) is 18.3 Å². The molecule has 0 aliphatic rings. The molecule has 0 aromatic heterocycles. The van der Waals surface area contributed by atoms with Crippen LogP contribution in [0.4, 0.5) is 23.2 Å². The SMILES string of the molecule is CN=C(NCC(=O)Nc1ccc(F)c(F)c1F)NC(C)c1ccc(C)c(F)c1.I. The second-order valence-electron chi connectivity index (χ2n) is 6.07. The molecule has 10 heteroatoms. The lowest BCUT2D eigenvalue weighted by Crippen LogP contribution is -2.42. The van der Waals surface area contributed by atoms with E-state index in [0.29, 0.717) is 17.2 Å². The fourth-order valence-electron chi connectivity index (χ4n) is 2.34. The summed E-state index contributed by atoms with van der Waals surface area (Å²) in [7, 11) is 1.48. The highest BCUT2D eigenvalue weighted by Gasteiger charge is 2.16. The number of rotatable bonds is 5. The molecule has 0 saturated carbocycles. The number of amides is 1. The van der Waals surface area contributed by atoms with Crippen LogP contribution >= 0.6 is 24.0 Å². The molecule has 1 atom stereocenters. The Morgan fingerprint density at radius 3 is 2.38 bits per heavy atom. The molecule has 0 fully saturated rings. The highest BCUT2D eigenvalue weighted by atomic mass is 127. The van der Waals surface area contributed by atoms with Gasteiger partial charge in [-0.3, -0.25) is 9.79 Å². The third-order valence-electron chi connectivity index (χ3n) is 4.00. The van der Waals surface area contributed by atoms with Gasteiger partial charge in [-0.05, 0) is 43.2 Å². The van der Waals surface area contributed by atoms with E-state index >= 15 is 0 Å². The van der Waals surface area contributed by atoms with Crippen molar-refractivity contribution in [3.05, 3.63) is 64.7 Å². The van der Waals surface area contributed by atoms with Gasteiger partial charge in [0.15, 0.2) is 23.4 Å². The Hall–Kier alpha value is -2.37. The highest BCUT2D eigenvalue weighted by Crippen LogP contribution is 2.19. The molecule has 0 bridgehead atoms. The van der Waals surface area contributed by atoms with Crippen LogP contribution in [-0.2, 0) is 4.79 Å². The first kappa shape index (κ1) is 24.7. The predicted molar refractivity (Wildman–Crippen MR) is 114 cm³/mol. The van der Waals surface area contributed by atoms with Crippen LogP contribution in [0.3, 0.4) is 0 Å². The fourth-order valence-corrected chi connectivity index (χ4v) is 2.34. The van der Waals surface area contributed by atoms with Gasteiger partial charge in [0.25, 0.3) is 0 Å². The number of carbonyl (C=O) groups is 1. The molecule has 2 aromatic carbocycles. The monoisotopic (exact) mass is 524 g/mol. The summed E-state index contributed by atoms with van der Waals surface area (Å²) in [6.45, 7) is 3.13. The number of aliphatic imine (C=N–C) groups is 1. The number of hydrogen-bond acceptors (Lipinski definition) is 2. The Kier molecular flexibility index (Phi) is 9.34. The zero-order chi connectivity index (χ0) is 20.8. The number of hydrogen-bond donors (Lipinski definition) is 3. The van der Waals surface area contributed by atoms with Crippen LogP contribution in [0.25, 0.3) is 0 Å². The first-order valence-electron chi connectivity index (χ1n) is 8.39. The fraction of sp³-hybridized carbons (Fsp3) is 0.263. The van der Waals surface area contributed by atoms with Crippen molar-refractivity contribution in [2.75, 3.05) is 18.9 Å². The van der Waals surface area contributed by atoms with Crippen LogP contribution in [-0.4, -0.2) is 25.5 Å². The number of carbonyl (C=O) groups excluding carboxylic acids is 1. The molecule has 0 aliphatic heterocycles. The summed E-state index contributed by atoms with van der Waals surface area (Å²) in [5.41, 5.74) is 0.732. The van der Waals surface area contributed by atoms with E-state index in [1.165, 1.54) is 13.1 Å². The number of nitrogens with zero attached hydrogens (tertiary/aromatic N) is 1. The molecule has 2 rings (SSSR count). The Bertz CT molecular complexity index is 908. The molecule has 1 unspecified atom stereocenters. The molecule has 1 amide bonds. The Balaban J connectivity index is 0.00000420. The van der Waals surface area contributed by atoms with Gasteiger partial charge in [-0.15, -0.1) is 24.0 Å². The van der Waals surface area contributed by atoms with Gasteiger partial charge in [-0.25, -0.2) is 17.6 Å². The third kappa shape index (κ3) is 6.58. The van der Waals surface area contributed by atoms with Gasteiger partial charge >= 0.3 is 0 Å². The number of guanidine groups is 1. The number of anilines is 1. The Morgan fingerprint density at radius 2 is 1.76 bits per heavy atom. The number of aryl methyl sites for hydroxylation is 1. The molecule has 2 aromatic rings. The van der Waals surface area contributed by atoms with Gasteiger partial charge in [-0.1, -0.05) is 12.1 Å². The van der Waals surface area contributed by atoms with Crippen molar-refractivity contribution >= 4 is 41.5 Å². The van der Waals surface area contributed by atoms with Gasteiger partial charge in [0, 0.05) is 7.05 Å². The van der Waals surface area contributed by atoms with E-state index in [1.54, 1.807) is 26.0 Å². The van der Waals surface area contributed by atoms with Crippen molar-refractivity contribution in [2.24, 2.45) is 4.99 Å². The maximum Gasteiger partial charge on any atom is 0.243 e. The second-order valence-corrected chi connectivity index (χ2v) is 6.07. The summed E-state index contributed by atoms with van der Waals surface area (Å²) in [6, 6.07) is 6.15. The van der Waals surface area contributed by atoms with Crippen molar-refractivity contribution in [1.29, 1.82) is 0 Å². The zero-order valence-electron chi connectivity index (χ0n) is 15.9. The first-order valence-corrected chi connectivity index (χ1v) is 8.39. The lowest BCUT2D eigenvalue weighted by atomic mass is 10.1.